The average Bonchev–Trinajstić information content (AvgIpc) is 2.47. The van der Waals surface area contributed by atoms with Crippen LogP contribution in [0.25, 0.3) is 10.9 Å². The van der Waals surface area contributed by atoms with Gasteiger partial charge in [-0.3, -0.25) is 9.97 Å². The Kier molecular flexibility index (Phi) is 2.74. The predicted octanol–water partition coefficient (Wildman–Crippen LogP) is 2.71. The molecule has 18 heavy (non-hydrogen) atoms. The van der Waals surface area contributed by atoms with Gasteiger partial charge in [0, 0.05) is 17.8 Å². The molecule has 3 heteroatoms. The van der Waals surface area contributed by atoms with Gasteiger partial charge in [0.2, 0.25) is 0 Å². The molecule has 3 nitrogen and oxygen atoms in total. The van der Waals surface area contributed by atoms with E-state index in [2.05, 4.69) is 9.97 Å². The average molecular weight is 236 g/mol. The molecular formula is C15H12N2O. The number of aliphatic hydroxyl groups is 1. The van der Waals surface area contributed by atoms with Crippen molar-refractivity contribution in [1.82, 2.24) is 9.97 Å². The van der Waals surface area contributed by atoms with Crippen LogP contribution in [0.5, 0.6) is 0 Å². The Bertz CT molecular complexity index is 662. The summed E-state index contributed by atoms with van der Waals surface area (Å²) in [4.78, 5) is 8.48. The Morgan fingerprint density at radius 2 is 1.67 bits per heavy atom. The second kappa shape index (κ2) is 4.55. The maximum atomic E-state index is 10.4. The van der Waals surface area contributed by atoms with Gasteiger partial charge >= 0.3 is 0 Å². The minimum absolute atomic E-state index is 0.647. The first-order valence-corrected chi connectivity index (χ1v) is 5.79. The lowest BCUT2D eigenvalue weighted by molar-refractivity contribution is 0.217. The number of para-hydroxylation sites is 1. The zero-order chi connectivity index (χ0) is 12.4. The van der Waals surface area contributed by atoms with Crippen LogP contribution in [0.1, 0.15) is 17.4 Å². The fourth-order valence-electron chi connectivity index (χ4n) is 2.05. The molecule has 0 amide bonds. The van der Waals surface area contributed by atoms with Gasteiger partial charge in [-0.1, -0.05) is 24.3 Å². The van der Waals surface area contributed by atoms with E-state index in [1.54, 1.807) is 12.4 Å². The van der Waals surface area contributed by atoms with Gasteiger partial charge in [-0.15, -0.1) is 0 Å². The van der Waals surface area contributed by atoms with Crippen LogP contribution in [0.3, 0.4) is 0 Å². The first-order valence-electron chi connectivity index (χ1n) is 5.79. The molecule has 1 N–H and O–H groups in total. The molecule has 0 bridgehead atoms. The van der Waals surface area contributed by atoms with E-state index >= 15 is 0 Å². The van der Waals surface area contributed by atoms with Crippen molar-refractivity contribution < 1.29 is 5.11 Å². The number of rotatable bonds is 2. The standard InChI is InChI=1S/C15H12N2O/c18-15(14-7-3-4-9-16-14)12-8-10-17-13-6-2-1-5-11(12)13/h1-10,15,18H. The van der Waals surface area contributed by atoms with Crippen molar-refractivity contribution in [3.8, 4) is 0 Å². The highest BCUT2D eigenvalue weighted by atomic mass is 16.3. The molecule has 2 heterocycles. The van der Waals surface area contributed by atoms with Crippen LogP contribution in [-0.2, 0) is 0 Å². The number of benzene rings is 1. The zero-order valence-electron chi connectivity index (χ0n) is 9.69. The van der Waals surface area contributed by atoms with E-state index in [0.717, 1.165) is 16.5 Å². The van der Waals surface area contributed by atoms with Crippen molar-refractivity contribution in [3.05, 3.63) is 72.2 Å². The van der Waals surface area contributed by atoms with E-state index in [9.17, 15) is 5.11 Å². The maximum Gasteiger partial charge on any atom is 0.122 e. The number of hydrogen-bond donors (Lipinski definition) is 1. The molecule has 3 rings (SSSR count). The Balaban J connectivity index is 2.15. The van der Waals surface area contributed by atoms with E-state index in [-0.39, 0.29) is 0 Å². The minimum Gasteiger partial charge on any atom is -0.382 e. The molecular weight excluding hydrogens is 224 g/mol. The second-order valence-electron chi connectivity index (χ2n) is 4.07. The number of fused-ring (bicyclic) bond motifs is 1. The molecule has 0 spiro atoms. The van der Waals surface area contributed by atoms with Crippen molar-refractivity contribution in [2.24, 2.45) is 0 Å². The molecule has 88 valence electrons. The van der Waals surface area contributed by atoms with Gasteiger partial charge in [-0.25, -0.2) is 0 Å². The molecule has 1 atom stereocenters. The van der Waals surface area contributed by atoms with Crippen molar-refractivity contribution in [2.45, 2.75) is 6.10 Å². The summed E-state index contributed by atoms with van der Waals surface area (Å²) < 4.78 is 0. The third-order valence-corrected chi connectivity index (χ3v) is 2.95. The first kappa shape index (κ1) is 10.9. The lowest BCUT2D eigenvalue weighted by Gasteiger charge is -2.12. The number of aromatic nitrogens is 2. The molecule has 0 fully saturated rings. The van der Waals surface area contributed by atoms with Crippen LogP contribution in [0.2, 0.25) is 0 Å². The van der Waals surface area contributed by atoms with Gasteiger partial charge in [0.15, 0.2) is 0 Å². The summed E-state index contributed by atoms with van der Waals surface area (Å²) >= 11 is 0. The lowest BCUT2D eigenvalue weighted by atomic mass is 10.0. The molecule has 1 aromatic carbocycles. The summed E-state index contributed by atoms with van der Waals surface area (Å²) in [6.07, 6.45) is 2.67. The predicted molar refractivity (Wildman–Crippen MR) is 70.0 cm³/mol. The molecule has 2 aromatic heterocycles. The smallest absolute Gasteiger partial charge is 0.122 e. The second-order valence-corrected chi connectivity index (χ2v) is 4.07. The monoisotopic (exact) mass is 236 g/mol. The Labute approximate surface area is 105 Å². The fourth-order valence-corrected chi connectivity index (χ4v) is 2.05. The van der Waals surface area contributed by atoms with Gasteiger partial charge in [-0.05, 0) is 29.8 Å². The molecule has 0 radical (unpaired) electrons. The van der Waals surface area contributed by atoms with Gasteiger partial charge in [-0.2, -0.15) is 0 Å². The van der Waals surface area contributed by atoms with Gasteiger partial charge in [0.25, 0.3) is 0 Å². The summed E-state index contributed by atoms with van der Waals surface area (Å²) in [6.45, 7) is 0. The van der Waals surface area contributed by atoms with Gasteiger partial charge in [0.1, 0.15) is 6.10 Å². The van der Waals surface area contributed by atoms with Crippen LogP contribution in [0.4, 0.5) is 0 Å². The van der Waals surface area contributed by atoms with Gasteiger partial charge in [0.05, 0.1) is 11.2 Å². The fraction of sp³-hybridized carbons (Fsp3) is 0.0667. The Morgan fingerprint density at radius 1 is 0.833 bits per heavy atom. The molecule has 0 aliphatic rings. The highest BCUT2D eigenvalue weighted by molar-refractivity contribution is 5.82. The normalized spacial score (nSPS) is 12.5. The van der Waals surface area contributed by atoms with Crippen LogP contribution < -0.4 is 0 Å². The number of nitrogens with zero attached hydrogens (tertiary/aromatic N) is 2. The largest absolute Gasteiger partial charge is 0.382 e. The number of pyridine rings is 2. The van der Waals surface area contributed by atoms with Crippen molar-refractivity contribution in [3.63, 3.8) is 0 Å². The lowest BCUT2D eigenvalue weighted by Crippen LogP contribution is -2.03. The SMILES string of the molecule is OC(c1ccccn1)c1ccnc2ccccc12. The molecule has 0 saturated carbocycles. The van der Waals surface area contributed by atoms with E-state index in [4.69, 9.17) is 0 Å². The van der Waals surface area contributed by atoms with Crippen molar-refractivity contribution in [2.75, 3.05) is 0 Å². The van der Waals surface area contributed by atoms with E-state index in [1.807, 2.05) is 48.5 Å². The molecule has 0 aliphatic carbocycles. The summed E-state index contributed by atoms with van der Waals surface area (Å²) in [5, 5.41) is 11.4. The zero-order valence-corrected chi connectivity index (χ0v) is 9.69. The highest BCUT2D eigenvalue weighted by Crippen LogP contribution is 2.26. The Hall–Kier alpha value is -2.26. The first-order chi connectivity index (χ1) is 8.86. The highest BCUT2D eigenvalue weighted by Gasteiger charge is 2.14. The quantitative estimate of drug-likeness (QED) is 0.744. The summed E-state index contributed by atoms with van der Waals surface area (Å²) in [5.74, 6) is 0. The summed E-state index contributed by atoms with van der Waals surface area (Å²) in [7, 11) is 0. The molecule has 3 aromatic rings. The van der Waals surface area contributed by atoms with E-state index in [0.29, 0.717) is 5.69 Å². The third-order valence-electron chi connectivity index (χ3n) is 2.95. The van der Waals surface area contributed by atoms with Crippen LogP contribution in [0, 0.1) is 0 Å². The van der Waals surface area contributed by atoms with Crippen molar-refractivity contribution >= 4 is 10.9 Å². The third kappa shape index (κ3) is 1.85. The van der Waals surface area contributed by atoms with Crippen LogP contribution in [-0.4, -0.2) is 15.1 Å². The number of aliphatic hydroxyl groups excluding tert-OH is 1. The molecule has 0 aliphatic heterocycles. The van der Waals surface area contributed by atoms with E-state index in [1.165, 1.54) is 0 Å². The summed E-state index contributed by atoms with van der Waals surface area (Å²) in [6, 6.07) is 15.1. The van der Waals surface area contributed by atoms with Crippen LogP contribution in [0.15, 0.2) is 60.9 Å². The topological polar surface area (TPSA) is 46.0 Å². The number of hydrogen-bond acceptors (Lipinski definition) is 3. The van der Waals surface area contributed by atoms with Gasteiger partial charge < -0.3 is 5.11 Å². The van der Waals surface area contributed by atoms with Crippen molar-refractivity contribution in [1.29, 1.82) is 0 Å². The Morgan fingerprint density at radius 3 is 2.50 bits per heavy atom. The molecule has 0 saturated heterocycles. The van der Waals surface area contributed by atoms with E-state index < -0.39 is 6.10 Å². The van der Waals surface area contributed by atoms with Crippen LogP contribution >= 0.6 is 0 Å². The summed E-state index contributed by atoms with van der Waals surface area (Å²) in [5.41, 5.74) is 2.36. The maximum absolute atomic E-state index is 10.4. The minimum atomic E-state index is -0.723. The molecule has 1 unspecified atom stereocenters.